The van der Waals surface area contributed by atoms with Crippen molar-refractivity contribution in [1.29, 1.82) is 0 Å². The number of nitrogens with one attached hydrogen (secondary N) is 3. The first kappa shape index (κ1) is 13.2. The highest BCUT2D eigenvalue weighted by molar-refractivity contribution is 6.30. The van der Waals surface area contributed by atoms with Crippen molar-refractivity contribution in [2.75, 3.05) is 17.2 Å². The Hall–Kier alpha value is -2.28. The number of anilines is 2. The van der Waals surface area contributed by atoms with Gasteiger partial charge in [0.15, 0.2) is 0 Å². The first-order chi connectivity index (χ1) is 9.17. The molecule has 0 spiro atoms. The summed E-state index contributed by atoms with van der Waals surface area (Å²) in [7, 11) is 0. The topological polar surface area (TPSA) is 91.9 Å². The molecular formula is C11H12ClN5O2. The van der Waals surface area contributed by atoms with E-state index < -0.39 is 6.03 Å². The number of hydrogen-bond acceptors (Lipinski definition) is 4. The second-order valence-electron chi connectivity index (χ2n) is 3.49. The standard InChI is InChI=1S/C11H12ClN5O2/c1-2-19-11-15-9(16-17-11)14-10(18)13-8-5-3-4-7(12)6-8/h3-6H,2H2,1H3,(H3,13,14,15,16,17,18). The zero-order chi connectivity index (χ0) is 13.7. The van der Waals surface area contributed by atoms with Gasteiger partial charge in [-0.2, -0.15) is 4.98 Å². The highest BCUT2D eigenvalue weighted by Gasteiger charge is 2.07. The van der Waals surface area contributed by atoms with Crippen LogP contribution in [0.2, 0.25) is 5.02 Å². The summed E-state index contributed by atoms with van der Waals surface area (Å²) in [5.74, 6) is 0.197. The Morgan fingerprint density at radius 2 is 2.32 bits per heavy atom. The van der Waals surface area contributed by atoms with E-state index in [0.717, 1.165) is 0 Å². The van der Waals surface area contributed by atoms with E-state index in [9.17, 15) is 4.79 Å². The van der Waals surface area contributed by atoms with E-state index >= 15 is 0 Å². The molecule has 19 heavy (non-hydrogen) atoms. The summed E-state index contributed by atoms with van der Waals surface area (Å²) in [5.41, 5.74) is 0.578. The molecule has 2 amide bonds. The van der Waals surface area contributed by atoms with Gasteiger partial charge in [-0.3, -0.25) is 5.32 Å². The predicted octanol–water partition coefficient (Wildman–Crippen LogP) is 2.50. The summed E-state index contributed by atoms with van der Waals surface area (Å²) >= 11 is 5.81. The highest BCUT2D eigenvalue weighted by Crippen LogP contribution is 2.15. The Bertz CT molecular complexity index is 572. The molecule has 7 nitrogen and oxygen atoms in total. The van der Waals surface area contributed by atoms with E-state index in [1.165, 1.54) is 0 Å². The van der Waals surface area contributed by atoms with Crippen molar-refractivity contribution in [3.63, 3.8) is 0 Å². The van der Waals surface area contributed by atoms with Gasteiger partial charge in [0, 0.05) is 10.7 Å². The van der Waals surface area contributed by atoms with Crippen LogP contribution in [0, 0.1) is 0 Å². The lowest BCUT2D eigenvalue weighted by molar-refractivity contribution is 0.262. The summed E-state index contributed by atoms with van der Waals surface area (Å²) in [4.78, 5) is 15.6. The number of urea groups is 1. The number of benzene rings is 1. The van der Waals surface area contributed by atoms with E-state index in [0.29, 0.717) is 17.3 Å². The van der Waals surface area contributed by atoms with E-state index in [1.807, 2.05) is 6.92 Å². The molecule has 0 unspecified atom stereocenters. The van der Waals surface area contributed by atoms with Gasteiger partial charge in [-0.25, -0.2) is 9.89 Å². The Balaban J connectivity index is 1.93. The minimum absolute atomic E-state index is 0.181. The van der Waals surface area contributed by atoms with Crippen LogP contribution < -0.4 is 15.4 Å². The Morgan fingerprint density at radius 3 is 3.05 bits per heavy atom. The number of aromatic amines is 1. The molecular weight excluding hydrogens is 270 g/mol. The molecule has 0 bridgehead atoms. The lowest BCUT2D eigenvalue weighted by Crippen LogP contribution is -2.20. The molecule has 0 aliphatic heterocycles. The number of H-pyrrole nitrogens is 1. The number of hydrogen-bond donors (Lipinski definition) is 3. The van der Waals surface area contributed by atoms with Gasteiger partial charge in [0.25, 0.3) is 0 Å². The molecule has 0 atom stereocenters. The quantitative estimate of drug-likeness (QED) is 0.803. The molecule has 2 rings (SSSR count). The molecule has 0 aliphatic rings. The first-order valence-electron chi connectivity index (χ1n) is 5.56. The fourth-order valence-corrected chi connectivity index (χ4v) is 1.52. The van der Waals surface area contributed by atoms with Gasteiger partial charge in [0.1, 0.15) is 0 Å². The minimum Gasteiger partial charge on any atom is -0.463 e. The third kappa shape index (κ3) is 3.85. The third-order valence-electron chi connectivity index (χ3n) is 2.05. The van der Waals surface area contributed by atoms with E-state index in [-0.39, 0.29) is 12.0 Å². The maximum Gasteiger partial charge on any atom is 0.337 e. The normalized spacial score (nSPS) is 10.0. The van der Waals surface area contributed by atoms with Crippen molar-refractivity contribution < 1.29 is 9.53 Å². The van der Waals surface area contributed by atoms with Gasteiger partial charge in [0.05, 0.1) is 6.61 Å². The maximum atomic E-state index is 11.7. The first-order valence-corrected chi connectivity index (χ1v) is 5.94. The molecule has 1 aromatic heterocycles. The smallest absolute Gasteiger partial charge is 0.337 e. The molecule has 8 heteroatoms. The van der Waals surface area contributed by atoms with Crippen LogP contribution in [-0.2, 0) is 0 Å². The Labute approximate surface area is 114 Å². The summed E-state index contributed by atoms with van der Waals surface area (Å²) in [5, 5.41) is 11.9. The minimum atomic E-state index is -0.457. The molecule has 1 heterocycles. The molecule has 0 fully saturated rings. The fourth-order valence-electron chi connectivity index (χ4n) is 1.33. The number of rotatable bonds is 4. The van der Waals surface area contributed by atoms with Gasteiger partial charge in [0.2, 0.25) is 5.95 Å². The SMILES string of the molecule is CCOc1n[nH]c(NC(=O)Nc2cccc(Cl)c2)n1. The van der Waals surface area contributed by atoms with Crippen LogP contribution in [0.5, 0.6) is 6.01 Å². The number of halogens is 1. The van der Waals surface area contributed by atoms with Crippen LogP contribution in [0.1, 0.15) is 6.92 Å². The van der Waals surface area contributed by atoms with Gasteiger partial charge in [-0.05, 0) is 25.1 Å². The van der Waals surface area contributed by atoms with Gasteiger partial charge in [-0.1, -0.05) is 17.7 Å². The van der Waals surface area contributed by atoms with Crippen LogP contribution in [0.4, 0.5) is 16.4 Å². The van der Waals surface area contributed by atoms with Crippen molar-refractivity contribution in [1.82, 2.24) is 15.2 Å². The molecule has 0 saturated heterocycles. The van der Waals surface area contributed by atoms with Gasteiger partial charge >= 0.3 is 12.0 Å². The molecule has 0 aliphatic carbocycles. The molecule has 1 aromatic carbocycles. The van der Waals surface area contributed by atoms with Crippen molar-refractivity contribution in [2.24, 2.45) is 0 Å². The molecule has 2 aromatic rings. The van der Waals surface area contributed by atoms with Crippen molar-refractivity contribution in [2.45, 2.75) is 6.92 Å². The molecule has 0 saturated carbocycles. The summed E-state index contributed by atoms with van der Waals surface area (Å²) in [6, 6.07) is 6.53. The summed E-state index contributed by atoms with van der Waals surface area (Å²) in [6.45, 7) is 2.27. The number of aromatic nitrogens is 3. The van der Waals surface area contributed by atoms with Crippen LogP contribution in [-0.4, -0.2) is 27.8 Å². The molecule has 100 valence electrons. The summed E-state index contributed by atoms with van der Waals surface area (Å²) < 4.78 is 5.06. The third-order valence-corrected chi connectivity index (χ3v) is 2.29. The average molecular weight is 282 g/mol. The molecule has 3 N–H and O–H groups in total. The van der Waals surface area contributed by atoms with Crippen LogP contribution in [0.25, 0.3) is 0 Å². The summed E-state index contributed by atoms with van der Waals surface area (Å²) in [6.07, 6.45) is 0. The highest BCUT2D eigenvalue weighted by atomic mass is 35.5. The van der Waals surface area contributed by atoms with Crippen LogP contribution in [0.3, 0.4) is 0 Å². The lowest BCUT2D eigenvalue weighted by Gasteiger charge is -2.05. The second kappa shape index (κ2) is 6.05. The second-order valence-corrected chi connectivity index (χ2v) is 3.93. The number of carbonyl (C=O) groups is 1. The number of ether oxygens (including phenoxy) is 1. The van der Waals surface area contributed by atoms with Crippen molar-refractivity contribution in [3.05, 3.63) is 29.3 Å². The van der Waals surface area contributed by atoms with Crippen molar-refractivity contribution in [3.8, 4) is 6.01 Å². The molecule has 0 radical (unpaired) electrons. The van der Waals surface area contributed by atoms with Gasteiger partial charge < -0.3 is 10.1 Å². The Kier molecular flexibility index (Phi) is 4.19. The lowest BCUT2D eigenvalue weighted by atomic mass is 10.3. The maximum absolute atomic E-state index is 11.7. The number of nitrogens with zero attached hydrogens (tertiary/aromatic N) is 2. The average Bonchev–Trinajstić information content (AvgIpc) is 2.77. The Morgan fingerprint density at radius 1 is 1.47 bits per heavy atom. The van der Waals surface area contributed by atoms with Crippen molar-refractivity contribution >= 4 is 29.3 Å². The van der Waals surface area contributed by atoms with E-state index in [2.05, 4.69) is 25.8 Å². The largest absolute Gasteiger partial charge is 0.463 e. The van der Waals surface area contributed by atoms with E-state index in [4.69, 9.17) is 16.3 Å². The predicted molar refractivity (Wildman–Crippen MR) is 71.6 cm³/mol. The zero-order valence-corrected chi connectivity index (χ0v) is 10.9. The van der Waals surface area contributed by atoms with Crippen LogP contribution in [0.15, 0.2) is 24.3 Å². The van der Waals surface area contributed by atoms with Crippen LogP contribution >= 0.6 is 11.6 Å². The van der Waals surface area contributed by atoms with E-state index in [1.54, 1.807) is 24.3 Å². The number of carbonyl (C=O) groups excluding carboxylic acids is 1. The number of amides is 2. The monoisotopic (exact) mass is 281 g/mol. The zero-order valence-electron chi connectivity index (χ0n) is 10.1. The fraction of sp³-hybridized carbons (Fsp3) is 0.182. The van der Waals surface area contributed by atoms with Gasteiger partial charge in [-0.15, -0.1) is 5.10 Å².